The van der Waals surface area contributed by atoms with Crippen LogP contribution in [0.2, 0.25) is 0 Å². The minimum atomic E-state index is -3.62. The fraction of sp³-hybridized carbons (Fsp3) is 0.316. The molecule has 1 amide bonds. The largest absolute Gasteiger partial charge is 0.348 e. The molecular weight excluding hydrogens is 435 g/mol. The first-order chi connectivity index (χ1) is 12.9. The summed E-state index contributed by atoms with van der Waals surface area (Å²) in [5, 5.41) is 2.61. The van der Waals surface area contributed by atoms with Gasteiger partial charge in [-0.3, -0.25) is 4.79 Å². The molecule has 8 heteroatoms. The number of amides is 1. The Kier molecular flexibility index (Phi) is 6.29. The molecular formula is C19H20BrFN2O3S. The first-order valence-corrected chi connectivity index (χ1v) is 10.9. The van der Waals surface area contributed by atoms with E-state index in [0.717, 1.165) is 19.3 Å². The second kappa shape index (κ2) is 8.50. The van der Waals surface area contributed by atoms with E-state index in [1.54, 1.807) is 30.3 Å². The maximum Gasteiger partial charge on any atom is 0.254 e. The lowest BCUT2D eigenvalue weighted by atomic mass is 10.2. The smallest absolute Gasteiger partial charge is 0.254 e. The summed E-state index contributed by atoms with van der Waals surface area (Å²) in [6.07, 6.45) is 2.73. The Balaban J connectivity index is 1.79. The van der Waals surface area contributed by atoms with Gasteiger partial charge >= 0.3 is 0 Å². The van der Waals surface area contributed by atoms with E-state index < -0.39 is 21.7 Å². The number of hydrogen-bond donors (Lipinski definition) is 1. The number of hydrogen-bond acceptors (Lipinski definition) is 3. The van der Waals surface area contributed by atoms with Crippen molar-refractivity contribution in [3.8, 4) is 0 Å². The van der Waals surface area contributed by atoms with Gasteiger partial charge in [-0.25, -0.2) is 12.8 Å². The summed E-state index contributed by atoms with van der Waals surface area (Å²) < 4.78 is 41.9. The summed E-state index contributed by atoms with van der Waals surface area (Å²) >= 11 is 3.15. The highest BCUT2D eigenvalue weighted by molar-refractivity contribution is 9.10. The number of carbonyl (C=O) groups excluding carboxylic acids is 1. The normalized spacial score (nSPS) is 15.5. The van der Waals surface area contributed by atoms with Crippen molar-refractivity contribution in [2.45, 2.75) is 30.7 Å². The van der Waals surface area contributed by atoms with Gasteiger partial charge in [-0.05, 0) is 42.7 Å². The molecule has 1 aliphatic rings. The molecule has 0 aliphatic carbocycles. The van der Waals surface area contributed by atoms with E-state index in [4.69, 9.17) is 0 Å². The van der Waals surface area contributed by atoms with Crippen molar-refractivity contribution in [3.05, 3.63) is 63.9 Å². The topological polar surface area (TPSA) is 66.5 Å². The van der Waals surface area contributed by atoms with Gasteiger partial charge in [-0.2, -0.15) is 4.31 Å². The van der Waals surface area contributed by atoms with Gasteiger partial charge in [0.25, 0.3) is 5.91 Å². The van der Waals surface area contributed by atoms with Crippen LogP contribution >= 0.6 is 15.9 Å². The molecule has 2 aromatic carbocycles. The predicted molar refractivity (Wildman–Crippen MR) is 104 cm³/mol. The van der Waals surface area contributed by atoms with Gasteiger partial charge in [0.15, 0.2) is 0 Å². The molecule has 0 bridgehead atoms. The van der Waals surface area contributed by atoms with E-state index in [1.165, 1.54) is 16.4 Å². The van der Waals surface area contributed by atoms with Crippen molar-refractivity contribution in [1.29, 1.82) is 0 Å². The van der Waals surface area contributed by atoms with E-state index in [2.05, 4.69) is 21.2 Å². The molecule has 3 rings (SSSR count). The van der Waals surface area contributed by atoms with Gasteiger partial charge in [0, 0.05) is 24.1 Å². The standard InChI is InChI=1S/C19H20BrFN2O3S/c20-15-8-9-16(17(21)12-15)19(24)22-13-14-6-2-3-7-18(14)27(25,26)23-10-4-1-5-11-23/h2-3,6-9,12H,1,4-5,10-11,13H2,(H,22,24). The van der Waals surface area contributed by atoms with E-state index >= 15 is 0 Å². The van der Waals surface area contributed by atoms with Crippen LogP contribution in [0.15, 0.2) is 51.8 Å². The lowest BCUT2D eigenvalue weighted by Crippen LogP contribution is -2.36. The monoisotopic (exact) mass is 454 g/mol. The first-order valence-electron chi connectivity index (χ1n) is 8.71. The van der Waals surface area contributed by atoms with Crippen molar-refractivity contribution in [2.75, 3.05) is 13.1 Å². The van der Waals surface area contributed by atoms with E-state index in [9.17, 15) is 17.6 Å². The predicted octanol–water partition coefficient (Wildman–Crippen LogP) is 3.69. The van der Waals surface area contributed by atoms with Crippen LogP contribution in [0.25, 0.3) is 0 Å². The quantitative estimate of drug-likeness (QED) is 0.748. The molecule has 1 heterocycles. The van der Waals surface area contributed by atoms with Crippen LogP contribution < -0.4 is 5.32 Å². The highest BCUT2D eigenvalue weighted by atomic mass is 79.9. The van der Waals surface area contributed by atoms with Gasteiger partial charge in [0.2, 0.25) is 10.0 Å². The third-order valence-corrected chi connectivity index (χ3v) is 7.01. The van der Waals surface area contributed by atoms with E-state index in [0.29, 0.717) is 23.1 Å². The summed E-state index contributed by atoms with van der Waals surface area (Å²) in [6, 6.07) is 10.8. The molecule has 2 aromatic rings. The zero-order valence-corrected chi connectivity index (χ0v) is 17.0. The molecule has 0 radical (unpaired) electrons. The van der Waals surface area contributed by atoms with Crippen LogP contribution in [-0.4, -0.2) is 31.7 Å². The molecule has 0 saturated carbocycles. The van der Waals surface area contributed by atoms with Crippen molar-refractivity contribution in [3.63, 3.8) is 0 Å². The number of carbonyl (C=O) groups is 1. The van der Waals surface area contributed by atoms with Gasteiger partial charge in [-0.15, -0.1) is 0 Å². The van der Waals surface area contributed by atoms with Gasteiger partial charge in [-0.1, -0.05) is 40.5 Å². The Bertz CT molecular complexity index is 944. The molecule has 0 atom stereocenters. The molecule has 0 aromatic heterocycles. The third kappa shape index (κ3) is 4.56. The number of sulfonamides is 1. The summed E-state index contributed by atoms with van der Waals surface area (Å²) in [6.45, 7) is 1.01. The van der Waals surface area contributed by atoms with Crippen molar-refractivity contribution in [2.24, 2.45) is 0 Å². The van der Waals surface area contributed by atoms with Gasteiger partial charge in [0.05, 0.1) is 10.5 Å². The molecule has 1 N–H and O–H groups in total. The lowest BCUT2D eigenvalue weighted by molar-refractivity contribution is 0.0946. The highest BCUT2D eigenvalue weighted by Crippen LogP contribution is 2.23. The summed E-state index contributed by atoms with van der Waals surface area (Å²) in [4.78, 5) is 12.5. The maximum atomic E-state index is 13.9. The summed E-state index contributed by atoms with van der Waals surface area (Å²) in [7, 11) is -3.62. The molecule has 0 unspecified atom stereocenters. The van der Waals surface area contributed by atoms with Crippen LogP contribution in [0.3, 0.4) is 0 Å². The Hall–Kier alpha value is -1.77. The van der Waals surface area contributed by atoms with Gasteiger partial charge in [0.1, 0.15) is 5.82 Å². The van der Waals surface area contributed by atoms with Crippen LogP contribution in [0, 0.1) is 5.82 Å². The molecule has 1 saturated heterocycles. The van der Waals surface area contributed by atoms with Crippen LogP contribution in [0.1, 0.15) is 35.2 Å². The molecule has 1 aliphatic heterocycles. The Morgan fingerprint density at radius 2 is 1.81 bits per heavy atom. The van der Waals surface area contributed by atoms with E-state index in [-0.39, 0.29) is 17.0 Å². The fourth-order valence-electron chi connectivity index (χ4n) is 3.09. The molecule has 0 spiro atoms. The average molecular weight is 455 g/mol. The lowest BCUT2D eigenvalue weighted by Gasteiger charge is -2.26. The molecule has 1 fully saturated rings. The molecule has 27 heavy (non-hydrogen) atoms. The number of nitrogens with one attached hydrogen (secondary N) is 1. The number of rotatable bonds is 5. The summed E-state index contributed by atoms with van der Waals surface area (Å²) in [5.41, 5.74) is 0.392. The maximum absolute atomic E-state index is 13.9. The molecule has 144 valence electrons. The number of nitrogens with zero attached hydrogens (tertiary/aromatic N) is 1. The first kappa shape index (κ1) is 20.0. The number of piperidine rings is 1. The van der Waals surface area contributed by atoms with Crippen molar-refractivity contribution < 1.29 is 17.6 Å². The Morgan fingerprint density at radius 3 is 2.52 bits per heavy atom. The van der Waals surface area contributed by atoms with Crippen LogP contribution in [-0.2, 0) is 16.6 Å². The fourth-order valence-corrected chi connectivity index (χ4v) is 5.16. The van der Waals surface area contributed by atoms with E-state index in [1.807, 2.05) is 0 Å². The Morgan fingerprint density at radius 1 is 1.11 bits per heavy atom. The van der Waals surface area contributed by atoms with Crippen LogP contribution in [0.5, 0.6) is 0 Å². The van der Waals surface area contributed by atoms with Crippen molar-refractivity contribution >= 4 is 31.9 Å². The minimum absolute atomic E-state index is 0.00240. The second-order valence-electron chi connectivity index (χ2n) is 6.38. The number of benzene rings is 2. The SMILES string of the molecule is O=C(NCc1ccccc1S(=O)(=O)N1CCCCC1)c1ccc(Br)cc1F. The van der Waals surface area contributed by atoms with Gasteiger partial charge < -0.3 is 5.32 Å². The highest BCUT2D eigenvalue weighted by Gasteiger charge is 2.28. The molecule has 5 nitrogen and oxygen atoms in total. The zero-order chi connectivity index (χ0) is 19.4. The Labute approximate surface area is 166 Å². The average Bonchev–Trinajstić information content (AvgIpc) is 2.67. The second-order valence-corrected chi connectivity index (χ2v) is 9.20. The summed E-state index contributed by atoms with van der Waals surface area (Å²) in [5.74, 6) is -1.23. The number of halogens is 2. The van der Waals surface area contributed by atoms with Crippen molar-refractivity contribution in [1.82, 2.24) is 9.62 Å². The zero-order valence-electron chi connectivity index (χ0n) is 14.6. The van der Waals surface area contributed by atoms with Crippen LogP contribution in [0.4, 0.5) is 4.39 Å². The minimum Gasteiger partial charge on any atom is -0.348 e. The third-order valence-electron chi connectivity index (χ3n) is 4.52.